The van der Waals surface area contributed by atoms with Gasteiger partial charge in [-0.25, -0.2) is 0 Å². The van der Waals surface area contributed by atoms with Crippen LogP contribution in [0.3, 0.4) is 0 Å². The van der Waals surface area contributed by atoms with Gasteiger partial charge < -0.3 is 10.2 Å². The zero-order chi connectivity index (χ0) is 22.9. The molecule has 4 nitrogen and oxygen atoms in total. The summed E-state index contributed by atoms with van der Waals surface area (Å²) >= 11 is 13.6. The van der Waals surface area contributed by atoms with Gasteiger partial charge in [0, 0.05) is 28.4 Å². The minimum atomic E-state index is -0.556. The van der Waals surface area contributed by atoms with Gasteiger partial charge in [0.05, 0.1) is 5.75 Å². The molecule has 2 amide bonds. The lowest BCUT2D eigenvalue weighted by atomic mass is 9.95. The van der Waals surface area contributed by atoms with Crippen molar-refractivity contribution >= 4 is 46.8 Å². The fraction of sp³-hybridized carbons (Fsp3) is 0.440. The average molecular weight is 494 g/mol. The van der Waals surface area contributed by atoms with Crippen LogP contribution in [0.5, 0.6) is 0 Å². The standard InChI is InChI=1S/C25H30Cl2N2O2S/c1-18(25(31)28-23-8-3-2-4-9-23)29(15-20-6-5-7-22(27)14-20)24(30)17-32-16-19-10-12-21(26)13-11-19/h5-7,10-14,18,23H,2-4,8-9,15-17H2,1H3,(H,28,31)/t18-/m1/s1. The van der Waals surface area contributed by atoms with Gasteiger partial charge in [0.25, 0.3) is 0 Å². The van der Waals surface area contributed by atoms with Crippen LogP contribution in [0.15, 0.2) is 48.5 Å². The molecule has 1 atom stereocenters. The summed E-state index contributed by atoms with van der Waals surface area (Å²) in [5.74, 6) is 0.853. The van der Waals surface area contributed by atoms with Gasteiger partial charge in [-0.3, -0.25) is 9.59 Å². The van der Waals surface area contributed by atoms with Crippen LogP contribution in [0.25, 0.3) is 0 Å². The molecule has 0 unspecified atom stereocenters. The third-order valence-electron chi connectivity index (χ3n) is 5.77. The topological polar surface area (TPSA) is 49.4 Å². The molecule has 0 bridgehead atoms. The Morgan fingerprint density at radius 3 is 2.44 bits per heavy atom. The molecule has 172 valence electrons. The van der Waals surface area contributed by atoms with Crippen molar-refractivity contribution in [1.29, 1.82) is 0 Å². The van der Waals surface area contributed by atoms with E-state index in [0.29, 0.717) is 28.1 Å². The number of hydrogen-bond acceptors (Lipinski definition) is 3. The highest BCUT2D eigenvalue weighted by molar-refractivity contribution is 7.99. The highest BCUT2D eigenvalue weighted by atomic mass is 35.5. The minimum Gasteiger partial charge on any atom is -0.352 e. The molecule has 1 aliphatic rings. The Labute approximate surface area is 205 Å². The van der Waals surface area contributed by atoms with Crippen LogP contribution in [0.2, 0.25) is 10.0 Å². The molecule has 1 aliphatic carbocycles. The first-order chi connectivity index (χ1) is 15.4. The van der Waals surface area contributed by atoms with Crippen LogP contribution in [-0.2, 0) is 21.9 Å². The van der Waals surface area contributed by atoms with Crippen LogP contribution < -0.4 is 5.32 Å². The Morgan fingerprint density at radius 1 is 1.03 bits per heavy atom. The van der Waals surface area contributed by atoms with Gasteiger partial charge >= 0.3 is 0 Å². The van der Waals surface area contributed by atoms with E-state index in [2.05, 4.69) is 5.32 Å². The van der Waals surface area contributed by atoms with Crippen LogP contribution in [0.1, 0.15) is 50.2 Å². The molecule has 0 radical (unpaired) electrons. The molecule has 2 aromatic rings. The summed E-state index contributed by atoms with van der Waals surface area (Å²) in [6.45, 7) is 2.16. The summed E-state index contributed by atoms with van der Waals surface area (Å²) in [5, 5.41) is 4.47. The van der Waals surface area contributed by atoms with E-state index >= 15 is 0 Å². The molecular weight excluding hydrogens is 463 g/mol. The molecule has 3 rings (SSSR count). The first-order valence-electron chi connectivity index (χ1n) is 11.1. The first kappa shape index (κ1) is 24.9. The van der Waals surface area contributed by atoms with Gasteiger partial charge in [-0.05, 0) is 55.2 Å². The lowest BCUT2D eigenvalue weighted by Crippen LogP contribution is -2.50. The quantitative estimate of drug-likeness (QED) is 0.460. The Kier molecular flexibility index (Phi) is 9.76. The molecule has 0 aliphatic heterocycles. The number of amides is 2. The van der Waals surface area contributed by atoms with E-state index in [1.807, 2.05) is 49.4 Å². The Morgan fingerprint density at radius 2 is 1.75 bits per heavy atom. The van der Waals surface area contributed by atoms with Gasteiger partial charge in [-0.2, -0.15) is 0 Å². The third-order valence-corrected chi connectivity index (χ3v) is 7.24. The van der Waals surface area contributed by atoms with Gasteiger partial charge in [0.1, 0.15) is 6.04 Å². The predicted octanol–water partition coefficient (Wildman–Crippen LogP) is 6.09. The number of rotatable bonds is 9. The normalized spacial score (nSPS) is 15.2. The molecule has 7 heteroatoms. The maximum absolute atomic E-state index is 13.2. The number of halogens is 2. The van der Waals surface area contributed by atoms with Gasteiger partial charge in [0.15, 0.2) is 0 Å². The van der Waals surface area contributed by atoms with Crippen LogP contribution in [-0.4, -0.2) is 34.6 Å². The zero-order valence-electron chi connectivity index (χ0n) is 18.4. The van der Waals surface area contributed by atoms with E-state index in [1.165, 1.54) is 18.2 Å². The fourth-order valence-corrected chi connectivity index (χ4v) is 5.11. The van der Waals surface area contributed by atoms with Gasteiger partial charge in [0.2, 0.25) is 11.8 Å². The maximum Gasteiger partial charge on any atom is 0.242 e. The van der Waals surface area contributed by atoms with Crippen molar-refractivity contribution in [3.05, 3.63) is 69.7 Å². The lowest BCUT2D eigenvalue weighted by Gasteiger charge is -2.31. The number of hydrogen-bond donors (Lipinski definition) is 1. The van der Waals surface area contributed by atoms with E-state index < -0.39 is 6.04 Å². The van der Waals surface area contributed by atoms with Crippen molar-refractivity contribution in [1.82, 2.24) is 10.2 Å². The maximum atomic E-state index is 13.2. The van der Waals surface area contributed by atoms with Crippen molar-refractivity contribution in [2.24, 2.45) is 0 Å². The molecule has 0 heterocycles. The predicted molar refractivity (Wildman–Crippen MR) is 134 cm³/mol. The molecule has 0 saturated heterocycles. The number of carbonyl (C=O) groups is 2. The first-order valence-corrected chi connectivity index (χ1v) is 13.0. The second-order valence-corrected chi connectivity index (χ2v) is 10.1. The van der Waals surface area contributed by atoms with Crippen LogP contribution in [0, 0.1) is 0 Å². The molecule has 1 saturated carbocycles. The number of carbonyl (C=O) groups excluding carboxylic acids is 2. The van der Waals surface area contributed by atoms with Crippen molar-refractivity contribution in [2.75, 3.05) is 5.75 Å². The Hall–Kier alpha value is -1.69. The van der Waals surface area contributed by atoms with Gasteiger partial charge in [-0.15, -0.1) is 11.8 Å². The number of thioether (sulfide) groups is 1. The zero-order valence-corrected chi connectivity index (χ0v) is 20.7. The van der Waals surface area contributed by atoms with E-state index in [9.17, 15) is 9.59 Å². The van der Waals surface area contributed by atoms with Crippen molar-refractivity contribution < 1.29 is 9.59 Å². The summed E-state index contributed by atoms with van der Waals surface area (Å²) in [6, 6.07) is 14.7. The molecule has 32 heavy (non-hydrogen) atoms. The van der Waals surface area contributed by atoms with Crippen molar-refractivity contribution in [3.8, 4) is 0 Å². The summed E-state index contributed by atoms with van der Waals surface area (Å²) in [6.07, 6.45) is 5.54. The van der Waals surface area contributed by atoms with Gasteiger partial charge in [-0.1, -0.05) is 66.7 Å². The van der Waals surface area contributed by atoms with Crippen molar-refractivity contribution in [3.63, 3.8) is 0 Å². The number of nitrogens with one attached hydrogen (secondary N) is 1. The summed E-state index contributed by atoms with van der Waals surface area (Å²) in [5.41, 5.74) is 2.02. The Balaban J connectivity index is 1.64. The molecule has 1 N–H and O–H groups in total. The summed E-state index contributed by atoms with van der Waals surface area (Å²) in [7, 11) is 0. The number of benzene rings is 2. The third kappa shape index (κ3) is 7.72. The van der Waals surface area contributed by atoms with E-state index in [4.69, 9.17) is 23.2 Å². The fourth-order valence-electron chi connectivity index (χ4n) is 3.90. The minimum absolute atomic E-state index is 0.0600. The average Bonchev–Trinajstić information content (AvgIpc) is 2.79. The number of nitrogens with zero attached hydrogens (tertiary/aromatic N) is 1. The summed E-state index contributed by atoms with van der Waals surface area (Å²) in [4.78, 5) is 27.8. The smallest absolute Gasteiger partial charge is 0.242 e. The second-order valence-electron chi connectivity index (χ2n) is 8.29. The Bertz CT molecular complexity index is 901. The molecule has 1 fully saturated rings. The largest absolute Gasteiger partial charge is 0.352 e. The SMILES string of the molecule is C[C@H](C(=O)NC1CCCCC1)N(Cc1cccc(Cl)c1)C(=O)CSCc1ccc(Cl)cc1. The van der Waals surface area contributed by atoms with E-state index in [0.717, 1.165) is 36.8 Å². The van der Waals surface area contributed by atoms with E-state index in [-0.39, 0.29) is 17.9 Å². The monoisotopic (exact) mass is 492 g/mol. The molecule has 0 aromatic heterocycles. The van der Waals surface area contributed by atoms with Crippen LogP contribution in [0.4, 0.5) is 0 Å². The molecule has 0 spiro atoms. The van der Waals surface area contributed by atoms with E-state index in [1.54, 1.807) is 11.0 Å². The van der Waals surface area contributed by atoms with Crippen molar-refractivity contribution in [2.45, 2.75) is 63.4 Å². The lowest BCUT2D eigenvalue weighted by molar-refractivity contribution is -0.139. The highest BCUT2D eigenvalue weighted by Crippen LogP contribution is 2.20. The highest BCUT2D eigenvalue weighted by Gasteiger charge is 2.28. The summed E-state index contributed by atoms with van der Waals surface area (Å²) < 4.78 is 0. The molecular formula is C25H30Cl2N2O2S. The van der Waals surface area contributed by atoms with Crippen LogP contribution >= 0.6 is 35.0 Å². The molecule has 2 aromatic carbocycles. The second kappa shape index (κ2) is 12.5.